The highest BCUT2D eigenvalue weighted by Gasteiger charge is 2.51. The summed E-state index contributed by atoms with van der Waals surface area (Å²) >= 11 is 0. The van der Waals surface area contributed by atoms with E-state index < -0.39 is 24.4 Å². The fourth-order valence-corrected chi connectivity index (χ4v) is 2.56. The van der Waals surface area contributed by atoms with Crippen LogP contribution in [0.3, 0.4) is 0 Å². The van der Waals surface area contributed by atoms with Gasteiger partial charge < -0.3 is 14.4 Å². The molecule has 6 nitrogen and oxygen atoms in total. The highest BCUT2D eigenvalue weighted by atomic mass is 16.7. The van der Waals surface area contributed by atoms with Crippen LogP contribution in [0, 0.1) is 0 Å². The molecule has 2 heterocycles. The quantitative estimate of drug-likeness (QED) is 0.858. The van der Waals surface area contributed by atoms with Gasteiger partial charge in [-0.05, 0) is 44.6 Å². The Morgan fingerprint density at radius 3 is 2.33 bits per heavy atom. The van der Waals surface area contributed by atoms with Gasteiger partial charge in [-0.1, -0.05) is 18.2 Å². The molecule has 1 aromatic heterocycles. The van der Waals surface area contributed by atoms with Gasteiger partial charge in [0.25, 0.3) is 0 Å². The van der Waals surface area contributed by atoms with Crippen molar-refractivity contribution in [3.05, 3.63) is 30.5 Å². The van der Waals surface area contributed by atoms with Gasteiger partial charge in [0, 0.05) is 18.6 Å². The third-order valence-electron chi connectivity index (χ3n) is 4.89. The van der Waals surface area contributed by atoms with Crippen LogP contribution in [0.2, 0.25) is 0 Å². The molecular formula is C17H21BN2O4. The minimum absolute atomic E-state index is 0.376. The number of nitrogens with zero attached hydrogens (tertiary/aromatic N) is 2. The molecule has 0 saturated carbocycles. The molecule has 1 N–H and O–H groups in total. The van der Waals surface area contributed by atoms with Crippen LogP contribution < -0.4 is 10.4 Å². The van der Waals surface area contributed by atoms with E-state index >= 15 is 0 Å². The fraction of sp³-hybridized carbons (Fsp3) is 0.412. The lowest BCUT2D eigenvalue weighted by Crippen LogP contribution is -2.41. The summed E-state index contributed by atoms with van der Waals surface area (Å²) in [5.74, 6) is 0.376. The smallest absolute Gasteiger partial charge is 0.465 e. The Morgan fingerprint density at radius 1 is 1.12 bits per heavy atom. The molecule has 0 atom stereocenters. The van der Waals surface area contributed by atoms with E-state index in [4.69, 9.17) is 14.4 Å². The van der Waals surface area contributed by atoms with E-state index in [1.54, 1.807) is 12.3 Å². The Labute approximate surface area is 141 Å². The molecule has 0 radical (unpaired) electrons. The van der Waals surface area contributed by atoms with Gasteiger partial charge in [-0.15, -0.1) is 0 Å². The largest absolute Gasteiger partial charge is 0.494 e. The van der Waals surface area contributed by atoms with Gasteiger partial charge in [-0.25, -0.2) is 9.78 Å². The number of pyridine rings is 1. The Bertz CT molecular complexity index is 790. The molecule has 1 aliphatic heterocycles. The Balaban J connectivity index is 1.98. The molecule has 0 unspecified atom stereocenters. The maximum Gasteiger partial charge on any atom is 0.494 e. The zero-order chi connectivity index (χ0) is 17.7. The van der Waals surface area contributed by atoms with Crippen LogP contribution in [0.1, 0.15) is 27.7 Å². The average molecular weight is 328 g/mol. The molecule has 1 fully saturated rings. The van der Waals surface area contributed by atoms with E-state index in [1.807, 2.05) is 45.9 Å². The standard InChI is InChI=1S/C17H21BN2O4/c1-16(2)17(3,4)24-18(23-16)13-7-6-11-10-19-14(9-12(11)8-13)20(5)15(21)22/h6-10H,1-5H3,(H,21,22). The van der Waals surface area contributed by atoms with E-state index in [0.29, 0.717) is 5.82 Å². The van der Waals surface area contributed by atoms with Crippen LogP contribution in [0.15, 0.2) is 30.5 Å². The number of rotatable bonds is 2. The number of carbonyl (C=O) groups is 1. The van der Waals surface area contributed by atoms with Gasteiger partial charge in [0.15, 0.2) is 0 Å². The molecule has 1 saturated heterocycles. The summed E-state index contributed by atoms with van der Waals surface area (Å²) in [4.78, 5) is 16.4. The maximum absolute atomic E-state index is 11.1. The van der Waals surface area contributed by atoms with Crippen molar-refractivity contribution in [2.75, 3.05) is 11.9 Å². The Hall–Kier alpha value is -2.12. The number of amides is 1. The van der Waals surface area contributed by atoms with Gasteiger partial charge in [-0.3, -0.25) is 4.90 Å². The summed E-state index contributed by atoms with van der Waals surface area (Å²) in [5, 5.41) is 10.9. The lowest BCUT2D eigenvalue weighted by molar-refractivity contribution is 0.00578. The molecule has 0 bridgehead atoms. The highest BCUT2D eigenvalue weighted by molar-refractivity contribution is 6.62. The van der Waals surface area contributed by atoms with Crippen LogP contribution in [0.25, 0.3) is 10.8 Å². The zero-order valence-corrected chi connectivity index (χ0v) is 14.5. The van der Waals surface area contributed by atoms with Crippen molar-refractivity contribution in [1.29, 1.82) is 0 Å². The number of fused-ring (bicyclic) bond motifs is 1. The monoisotopic (exact) mass is 328 g/mol. The molecule has 0 aliphatic carbocycles. The van der Waals surface area contributed by atoms with Crippen LogP contribution in [0.5, 0.6) is 0 Å². The first-order valence-electron chi connectivity index (χ1n) is 7.83. The summed E-state index contributed by atoms with van der Waals surface area (Å²) in [7, 11) is 1.02. The van der Waals surface area contributed by atoms with Gasteiger partial charge in [-0.2, -0.15) is 0 Å². The first-order chi connectivity index (χ1) is 11.1. The lowest BCUT2D eigenvalue weighted by Gasteiger charge is -2.32. The summed E-state index contributed by atoms with van der Waals surface area (Å²) in [6.07, 6.45) is 0.613. The van der Waals surface area contributed by atoms with Crippen molar-refractivity contribution in [3.63, 3.8) is 0 Å². The predicted octanol–water partition coefficient (Wildman–Crippen LogP) is 2.65. The second kappa shape index (κ2) is 5.46. The van der Waals surface area contributed by atoms with Crippen molar-refractivity contribution >= 4 is 35.3 Å². The van der Waals surface area contributed by atoms with E-state index in [0.717, 1.165) is 21.1 Å². The van der Waals surface area contributed by atoms with Crippen molar-refractivity contribution in [3.8, 4) is 0 Å². The predicted molar refractivity (Wildman–Crippen MR) is 93.9 cm³/mol. The number of anilines is 1. The van der Waals surface area contributed by atoms with E-state index in [-0.39, 0.29) is 0 Å². The molecule has 7 heteroatoms. The van der Waals surface area contributed by atoms with Gasteiger partial charge in [0.2, 0.25) is 0 Å². The van der Waals surface area contributed by atoms with Gasteiger partial charge in [0.05, 0.1) is 11.2 Å². The molecule has 3 rings (SSSR count). The van der Waals surface area contributed by atoms with Crippen LogP contribution in [0.4, 0.5) is 10.6 Å². The van der Waals surface area contributed by atoms with Crippen molar-refractivity contribution in [2.24, 2.45) is 0 Å². The van der Waals surface area contributed by atoms with E-state index in [1.165, 1.54) is 7.05 Å². The number of benzene rings is 1. The van der Waals surface area contributed by atoms with Gasteiger partial charge >= 0.3 is 13.2 Å². The topological polar surface area (TPSA) is 71.9 Å². The fourth-order valence-electron chi connectivity index (χ4n) is 2.56. The molecule has 0 spiro atoms. The summed E-state index contributed by atoms with van der Waals surface area (Å²) in [6.45, 7) is 8.05. The highest BCUT2D eigenvalue weighted by Crippen LogP contribution is 2.36. The number of carboxylic acid groups (broad SMARTS) is 1. The molecule has 1 aliphatic rings. The number of aromatic nitrogens is 1. The van der Waals surface area contributed by atoms with Crippen LogP contribution in [-0.2, 0) is 9.31 Å². The molecule has 1 aromatic carbocycles. The second-order valence-corrected chi connectivity index (χ2v) is 7.08. The molecule has 126 valence electrons. The first kappa shape index (κ1) is 16.7. The third kappa shape index (κ3) is 2.74. The second-order valence-electron chi connectivity index (χ2n) is 7.08. The van der Waals surface area contributed by atoms with Crippen molar-refractivity contribution < 1.29 is 19.2 Å². The first-order valence-corrected chi connectivity index (χ1v) is 7.83. The summed E-state index contributed by atoms with van der Waals surface area (Å²) in [5.41, 5.74) is 0.0929. The van der Waals surface area contributed by atoms with Crippen molar-refractivity contribution in [1.82, 2.24) is 4.98 Å². The SMILES string of the molecule is CN(C(=O)O)c1cc2cc(B3OC(C)(C)C(C)(C)O3)ccc2cn1. The van der Waals surface area contributed by atoms with Crippen LogP contribution in [-0.4, -0.2) is 41.6 Å². The summed E-state index contributed by atoms with van der Waals surface area (Å²) < 4.78 is 12.1. The minimum atomic E-state index is -1.05. The molecule has 2 aromatic rings. The van der Waals surface area contributed by atoms with Crippen LogP contribution >= 0.6 is 0 Å². The lowest BCUT2D eigenvalue weighted by atomic mass is 9.78. The number of hydrogen-bond donors (Lipinski definition) is 1. The molecule has 24 heavy (non-hydrogen) atoms. The maximum atomic E-state index is 11.1. The average Bonchev–Trinajstić information content (AvgIpc) is 2.73. The summed E-state index contributed by atoms with van der Waals surface area (Å²) in [6, 6.07) is 7.59. The zero-order valence-electron chi connectivity index (χ0n) is 14.5. The molecule has 1 amide bonds. The molecular weight excluding hydrogens is 307 g/mol. The van der Waals surface area contributed by atoms with Gasteiger partial charge in [0.1, 0.15) is 5.82 Å². The number of hydrogen-bond acceptors (Lipinski definition) is 4. The third-order valence-corrected chi connectivity index (χ3v) is 4.89. The normalized spacial score (nSPS) is 18.8. The van der Waals surface area contributed by atoms with E-state index in [2.05, 4.69) is 4.98 Å². The Morgan fingerprint density at radius 2 is 1.75 bits per heavy atom. The van der Waals surface area contributed by atoms with Crippen molar-refractivity contribution in [2.45, 2.75) is 38.9 Å². The van der Waals surface area contributed by atoms with E-state index in [9.17, 15) is 4.79 Å². The Kier molecular flexibility index (Phi) is 3.81. The minimum Gasteiger partial charge on any atom is -0.465 e.